The molecule has 2 atom stereocenters. The molecule has 0 amide bonds. The van der Waals surface area contributed by atoms with Crippen LogP contribution in [-0.2, 0) is 4.79 Å². The highest BCUT2D eigenvalue weighted by Crippen LogP contribution is 2.31. The Kier molecular flexibility index (Phi) is 4.01. The van der Waals surface area contributed by atoms with Crippen molar-refractivity contribution in [2.24, 2.45) is 11.8 Å². The first-order chi connectivity index (χ1) is 7.70. The Hall–Kier alpha value is -0.370. The van der Waals surface area contributed by atoms with Crippen LogP contribution in [-0.4, -0.2) is 29.8 Å². The molecule has 0 bridgehead atoms. The van der Waals surface area contributed by atoms with Gasteiger partial charge in [-0.25, -0.2) is 0 Å². The molecular formula is C14H25NO. The molecule has 92 valence electrons. The number of nitrogens with zero attached hydrogens (tertiary/aromatic N) is 1. The number of aldehydes is 1. The zero-order chi connectivity index (χ0) is 11.5. The fourth-order valence-electron chi connectivity index (χ4n) is 3.64. The summed E-state index contributed by atoms with van der Waals surface area (Å²) in [4.78, 5) is 13.5. The van der Waals surface area contributed by atoms with Crippen LogP contribution in [0.15, 0.2) is 0 Å². The standard InChI is InChI=1S/C14H25NO/c1-11-7-14(10-16)8-12(2)15(11)9-13-5-3-4-6-13/h10-14H,3-9H2,1-2H3/t11-,12-/m0/s1. The van der Waals surface area contributed by atoms with Gasteiger partial charge in [0.05, 0.1) is 0 Å². The molecule has 2 nitrogen and oxygen atoms in total. The van der Waals surface area contributed by atoms with Crippen molar-refractivity contribution in [3.05, 3.63) is 0 Å². The Morgan fingerprint density at radius 2 is 1.69 bits per heavy atom. The van der Waals surface area contributed by atoms with Crippen LogP contribution in [0.3, 0.4) is 0 Å². The van der Waals surface area contributed by atoms with E-state index in [1.165, 1.54) is 38.5 Å². The molecule has 1 aliphatic heterocycles. The van der Waals surface area contributed by atoms with Crippen molar-refractivity contribution in [2.45, 2.75) is 64.5 Å². The van der Waals surface area contributed by atoms with Gasteiger partial charge in [-0.3, -0.25) is 4.90 Å². The molecule has 0 aromatic carbocycles. The molecule has 1 heterocycles. The minimum Gasteiger partial charge on any atom is -0.303 e. The lowest BCUT2D eigenvalue weighted by molar-refractivity contribution is -0.113. The van der Waals surface area contributed by atoms with Gasteiger partial charge in [0, 0.05) is 24.5 Å². The van der Waals surface area contributed by atoms with Gasteiger partial charge in [0.15, 0.2) is 0 Å². The van der Waals surface area contributed by atoms with Crippen molar-refractivity contribution >= 4 is 6.29 Å². The quantitative estimate of drug-likeness (QED) is 0.686. The minimum atomic E-state index is 0.310. The third-order valence-corrected chi connectivity index (χ3v) is 4.56. The molecule has 0 radical (unpaired) electrons. The predicted molar refractivity (Wildman–Crippen MR) is 66.4 cm³/mol. The molecule has 0 aromatic rings. The maximum absolute atomic E-state index is 10.9. The summed E-state index contributed by atoms with van der Waals surface area (Å²) in [5.74, 6) is 1.24. The topological polar surface area (TPSA) is 20.3 Å². The fraction of sp³-hybridized carbons (Fsp3) is 0.929. The Morgan fingerprint density at radius 3 is 2.19 bits per heavy atom. The molecule has 2 heteroatoms. The fourth-order valence-corrected chi connectivity index (χ4v) is 3.64. The summed E-state index contributed by atoms with van der Waals surface area (Å²) in [5.41, 5.74) is 0. The lowest BCUT2D eigenvalue weighted by Gasteiger charge is -2.42. The van der Waals surface area contributed by atoms with Crippen molar-refractivity contribution in [1.29, 1.82) is 0 Å². The predicted octanol–water partition coefficient (Wildman–Crippen LogP) is 2.86. The molecule has 0 N–H and O–H groups in total. The molecule has 16 heavy (non-hydrogen) atoms. The molecule has 0 unspecified atom stereocenters. The van der Waals surface area contributed by atoms with Gasteiger partial charge in [-0.15, -0.1) is 0 Å². The van der Waals surface area contributed by atoms with Gasteiger partial charge in [0.25, 0.3) is 0 Å². The highest BCUT2D eigenvalue weighted by Gasteiger charge is 2.32. The van der Waals surface area contributed by atoms with Crippen molar-refractivity contribution in [1.82, 2.24) is 4.90 Å². The SMILES string of the molecule is C[C@H]1CC(C=O)C[C@H](C)N1CC1CCCC1. The second-order valence-electron chi connectivity index (χ2n) is 5.91. The first-order valence-electron chi connectivity index (χ1n) is 6.91. The summed E-state index contributed by atoms with van der Waals surface area (Å²) in [6.45, 7) is 5.86. The molecule has 2 rings (SSSR count). The smallest absolute Gasteiger partial charge is 0.123 e. The van der Waals surface area contributed by atoms with E-state index in [0.717, 1.165) is 18.8 Å². The molecule has 0 spiro atoms. The van der Waals surface area contributed by atoms with Gasteiger partial charge >= 0.3 is 0 Å². The van der Waals surface area contributed by atoms with Gasteiger partial charge < -0.3 is 4.79 Å². The average Bonchev–Trinajstić information content (AvgIpc) is 2.75. The Morgan fingerprint density at radius 1 is 1.12 bits per heavy atom. The Balaban J connectivity index is 1.90. The number of carbonyl (C=O) groups excluding carboxylic acids is 1. The number of piperidine rings is 1. The van der Waals surface area contributed by atoms with Crippen molar-refractivity contribution in [3.63, 3.8) is 0 Å². The maximum atomic E-state index is 10.9. The Bertz CT molecular complexity index is 223. The largest absolute Gasteiger partial charge is 0.303 e. The number of likely N-dealkylation sites (tertiary alicyclic amines) is 1. The van der Waals surface area contributed by atoms with Crippen LogP contribution in [0.1, 0.15) is 52.4 Å². The summed E-state index contributed by atoms with van der Waals surface area (Å²) < 4.78 is 0. The van der Waals surface area contributed by atoms with Gasteiger partial charge in [0.1, 0.15) is 6.29 Å². The highest BCUT2D eigenvalue weighted by atomic mass is 16.1. The monoisotopic (exact) mass is 223 g/mol. The average molecular weight is 223 g/mol. The van der Waals surface area contributed by atoms with E-state index in [-0.39, 0.29) is 0 Å². The molecule has 0 aromatic heterocycles. The normalized spacial score (nSPS) is 37.8. The van der Waals surface area contributed by atoms with E-state index < -0.39 is 0 Å². The van der Waals surface area contributed by atoms with Crippen LogP contribution >= 0.6 is 0 Å². The zero-order valence-corrected chi connectivity index (χ0v) is 10.7. The maximum Gasteiger partial charge on any atom is 0.123 e. The van der Waals surface area contributed by atoms with Gasteiger partial charge in [0.2, 0.25) is 0 Å². The summed E-state index contributed by atoms with van der Waals surface area (Å²) in [6, 6.07) is 1.19. The second-order valence-corrected chi connectivity index (χ2v) is 5.91. The molecule has 1 aliphatic carbocycles. The zero-order valence-electron chi connectivity index (χ0n) is 10.7. The summed E-state index contributed by atoms with van der Waals surface area (Å²) in [5, 5.41) is 0. The lowest BCUT2D eigenvalue weighted by atomic mass is 9.87. The van der Waals surface area contributed by atoms with Crippen LogP contribution < -0.4 is 0 Å². The number of carbonyl (C=O) groups is 1. The van der Waals surface area contributed by atoms with E-state index in [4.69, 9.17) is 0 Å². The Labute approximate surface area is 99.4 Å². The first-order valence-corrected chi connectivity index (χ1v) is 6.91. The van der Waals surface area contributed by atoms with Gasteiger partial charge in [-0.1, -0.05) is 12.8 Å². The third kappa shape index (κ3) is 2.65. The van der Waals surface area contributed by atoms with Crippen molar-refractivity contribution < 1.29 is 4.79 Å². The van der Waals surface area contributed by atoms with E-state index in [2.05, 4.69) is 18.7 Å². The molecular weight excluding hydrogens is 198 g/mol. The minimum absolute atomic E-state index is 0.310. The second kappa shape index (κ2) is 5.31. The highest BCUT2D eigenvalue weighted by molar-refractivity contribution is 5.53. The van der Waals surface area contributed by atoms with Crippen LogP contribution in [0.5, 0.6) is 0 Å². The van der Waals surface area contributed by atoms with E-state index in [1.54, 1.807) is 0 Å². The summed E-state index contributed by atoms with van der Waals surface area (Å²) in [7, 11) is 0. The van der Waals surface area contributed by atoms with Crippen LogP contribution in [0.25, 0.3) is 0 Å². The van der Waals surface area contributed by atoms with E-state index >= 15 is 0 Å². The summed E-state index contributed by atoms with van der Waals surface area (Å²) in [6.07, 6.45) is 9.01. The van der Waals surface area contributed by atoms with Crippen molar-refractivity contribution in [2.75, 3.05) is 6.54 Å². The lowest BCUT2D eigenvalue weighted by Crippen LogP contribution is -2.48. The number of hydrogen-bond acceptors (Lipinski definition) is 2. The van der Waals surface area contributed by atoms with E-state index in [9.17, 15) is 4.79 Å². The molecule has 2 aliphatic rings. The van der Waals surface area contributed by atoms with E-state index in [1.807, 2.05) is 0 Å². The van der Waals surface area contributed by atoms with Gasteiger partial charge in [-0.2, -0.15) is 0 Å². The first kappa shape index (κ1) is 12.1. The van der Waals surface area contributed by atoms with Gasteiger partial charge in [-0.05, 0) is 45.4 Å². The van der Waals surface area contributed by atoms with Crippen LogP contribution in [0.4, 0.5) is 0 Å². The van der Waals surface area contributed by atoms with Crippen LogP contribution in [0.2, 0.25) is 0 Å². The number of hydrogen-bond donors (Lipinski definition) is 0. The molecule has 1 saturated heterocycles. The van der Waals surface area contributed by atoms with Crippen molar-refractivity contribution in [3.8, 4) is 0 Å². The van der Waals surface area contributed by atoms with Crippen LogP contribution in [0, 0.1) is 11.8 Å². The molecule has 1 saturated carbocycles. The summed E-state index contributed by atoms with van der Waals surface area (Å²) >= 11 is 0. The molecule has 2 fully saturated rings. The third-order valence-electron chi connectivity index (χ3n) is 4.56. The number of rotatable bonds is 3. The van der Waals surface area contributed by atoms with E-state index in [0.29, 0.717) is 18.0 Å².